The van der Waals surface area contributed by atoms with Crippen LogP contribution >= 0.6 is 0 Å². The highest BCUT2D eigenvalue weighted by molar-refractivity contribution is 4.57. The van der Waals surface area contributed by atoms with Gasteiger partial charge in [0.05, 0.1) is 0 Å². The minimum atomic E-state index is 0.746. The molecule has 17 heavy (non-hydrogen) atoms. The van der Waals surface area contributed by atoms with Crippen LogP contribution in [0.5, 0.6) is 0 Å². The number of rotatable bonds is 13. The Morgan fingerprint density at radius 3 is 2.24 bits per heavy atom. The lowest BCUT2D eigenvalue weighted by molar-refractivity contribution is 0.129. The third-order valence-corrected chi connectivity index (χ3v) is 3.42. The highest BCUT2D eigenvalue weighted by Gasteiger charge is 2.03. The van der Waals surface area contributed by atoms with Crippen LogP contribution in [-0.2, 0) is 4.74 Å². The van der Waals surface area contributed by atoms with Gasteiger partial charge in [-0.1, -0.05) is 58.8 Å². The molecule has 1 unspecified atom stereocenters. The molecule has 2 heteroatoms. The Morgan fingerprint density at radius 2 is 1.59 bits per heavy atom. The monoisotopic (exact) mass is 243 g/mol. The maximum atomic E-state index is 5.48. The zero-order valence-electron chi connectivity index (χ0n) is 12.0. The molecule has 0 rings (SSSR count). The summed E-state index contributed by atoms with van der Waals surface area (Å²) in [5.41, 5.74) is 5.40. The van der Waals surface area contributed by atoms with E-state index in [2.05, 4.69) is 13.8 Å². The summed E-state index contributed by atoms with van der Waals surface area (Å²) in [6, 6.07) is 0. The second kappa shape index (κ2) is 14.0. The average Bonchev–Trinajstić information content (AvgIpc) is 2.35. The first-order valence-electron chi connectivity index (χ1n) is 7.62. The molecule has 0 heterocycles. The van der Waals surface area contributed by atoms with Gasteiger partial charge in [-0.3, -0.25) is 0 Å². The molecule has 0 aliphatic rings. The van der Waals surface area contributed by atoms with Crippen LogP contribution in [0, 0.1) is 5.92 Å². The lowest BCUT2D eigenvalue weighted by Crippen LogP contribution is -2.05. The summed E-state index contributed by atoms with van der Waals surface area (Å²) in [4.78, 5) is 0. The molecule has 0 aromatic carbocycles. The molecular formula is C15H33NO. The van der Waals surface area contributed by atoms with Crippen molar-refractivity contribution in [2.24, 2.45) is 11.7 Å². The van der Waals surface area contributed by atoms with Crippen LogP contribution in [0.2, 0.25) is 0 Å². The smallest absolute Gasteiger partial charge is 0.0478 e. The van der Waals surface area contributed by atoms with Crippen LogP contribution in [0.1, 0.15) is 71.6 Å². The third-order valence-electron chi connectivity index (χ3n) is 3.42. The van der Waals surface area contributed by atoms with Crippen molar-refractivity contribution in [3.05, 3.63) is 0 Å². The standard InChI is InChI=1S/C15H33NO/c1-3-10-15(4-2)11-7-5-6-8-13-17-14-9-12-16/h15H,3-14,16H2,1-2H3. The predicted octanol–water partition coefficient (Wildman–Crippen LogP) is 4.13. The Hall–Kier alpha value is -0.0800. The van der Waals surface area contributed by atoms with E-state index in [-0.39, 0.29) is 0 Å². The maximum Gasteiger partial charge on any atom is 0.0478 e. The van der Waals surface area contributed by atoms with Crippen molar-refractivity contribution in [1.82, 2.24) is 0 Å². The molecule has 1 atom stereocenters. The molecule has 0 aliphatic carbocycles. The summed E-state index contributed by atoms with van der Waals surface area (Å²) in [6.07, 6.45) is 11.9. The molecule has 0 radical (unpaired) electrons. The highest BCUT2D eigenvalue weighted by Crippen LogP contribution is 2.18. The van der Waals surface area contributed by atoms with Gasteiger partial charge in [0.2, 0.25) is 0 Å². The Labute approximate surface area is 108 Å². The van der Waals surface area contributed by atoms with Gasteiger partial charge in [0.15, 0.2) is 0 Å². The molecule has 0 bridgehead atoms. The normalized spacial score (nSPS) is 12.9. The van der Waals surface area contributed by atoms with Gasteiger partial charge in [-0.25, -0.2) is 0 Å². The second-order valence-corrected chi connectivity index (χ2v) is 5.02. The number of hydrogen-bond donors (Lipinski definition) is 1. The van der Waals surface area contributed by atoms with Crippen molar-refractivity contribution < 1.29 is 4.74 Å². The molecule has 0 amide bonds. The van der Waals surface area contributed by atoms with Crippen LogP contribution in [0.3, 0.4) is 0 Å². The number of unbranched alkanes of at least 4 members (excludes halogenated alkanes) is 3. The number of nitrogens with two attached hydrogens (primary N) is 1. The molecule has 0 aliphatic heterocycles. The number of hydrogen-bond acceptors (Lipinski definition) is 2. The van der Waals surface area contributed by atoms with Gasteiger partial charge < -0.3 is 10.5 Å². The van der Waals surface area contributed by atoms with E-state index in [1.54, 1.807) is 0 Å². The van der Waals surface area contributed by atoms with Crippen LogP contribution in [0.4, 0.5) is 0 Å². The molecule has 0 saturated heterocycles. The second-order valence-electron chi connectivity index (χ2n) is 5.02. The summed E-state index contributed by atoms with van der Waals surface area (Å²) < 4.78 is 5.48. The van der Waals surface area contributed by atoms with Crippen molar-refractivity contribution in [2.45, 2.75) is 71.6 Å². The van der Waals surface area contributed by atoms with Gasteiger partial charge in [0.25, 0.3) is 0 Å². The first kappa shape index (κ1) is 16.9. The van der Waals surface area contributed by atoms with E-state index in [1.807, 2.05) is 0 Å². The van der Waals surface area contributed by atoms with Gasteiger partial charge in [0, 0.05) is 13.2 Å². The van der Waals surface area contributed by atoms with Crippen molar-refractivity contribution >= 4 is 0 Å². The van der Waals surface area contributed by atoms with Crippen LogP contribution in [0.25, 0.3) is 0 Å². The summed E-state index contributed by atoms with van der Waals surface area (Å²) >= 11 is 0. The summed E-state index contributed by atoms with van der Waals surface area (Å²) in [5.74, 6) is 0.973. The molecule has 0 aromatic rings. The zero-order valence-corrected chi connectivity index (χ0v) is 12.0. The first-order valence-corrected chi connectivity index (χ1v) is 7.62. The molecule has 2 N–H and O–H groups in total. The van der Waals surface area contributed by atoms with Gasteiger partial charge in [-0.2, -0.15) is 0 Å². The molecular weight excluding hydrogens is 210 g/mol. The highest BCUT2D eigenvalue weighted by atomic mass is 16.5. The minimum absolute atomic E-state index is 0.746. The van der Waals surface area contributed by atoms with E-state index in [1.165, 1.54) is 51.4 Å². The van der Waals surface area contributed by atoms with E-state index in [4.69, 9.17) is 10.5 Å². The minimum Gasteiger partial charge on any atom is -0.381 e. The molecule has 0 spiro atoms. The first-order chi connectivity index (χ1) is 8.35. The molecule has 0 fully saturated rings. The summed E-state index contributed by atoms with van der Waals surface area (Å²) in [7, 11) is 0. The quantitative estimate of drug-likeness (QED) is 0.494. The number of ether oxygens (including phenoxy) is 1. The van der Waals surface area contributed by atoms with Crippen LogP contribution in [-0.4, -0.2) is 19.8 Å². The lowest BCUT2D eigenvalue weighted by Gasteiger charge is -2.13. The van der Waals surface area contributed by atoms with Gasteiger partial charge in [0.1, 0.15) is 0 Å². The Bertz CT molecular complexity index is 139. The van der Waals surface area contributed by atoms with E-state index in [0.29, 0.717) is 0 Å². The van der Waals surface area contributed by atoms with Gasteiger partial charge in [-0.05, 0) is 25.3 Å². The third kappa shape index (κ3) is 12.2. The van der Waals surface area contributed by atoms with E-state index in [9.17, 15) is 0 Å². The van der Waals surface area contributed by atoms with Crippen LogP contribution in [0.15, 0.2) is 0 Å². The topological polar surface area (TPSA) is 35.2 Å². The zero-order chi connectivity index (χ0) is 12.8. The Balaban J connectivity index is 3.11. The fourth-order valence-electron chi connectivity index (χ4n) is 2.24. The summed E-state index contributed by atoms with van der Waals surface area (Å²) in [6.45, 7) is 7.12. The Morgan fingerprint density at radius 1 is 0.882 bits per heavy atom. The SMILES string of the molecule is CCCC(CC)CCCCCCOCCCN. The van der Waals surface area contributed by atoms with E-state index < -0.39 is 0 Å². The fourth-order valence-corrected chi connectivity index (χ4v) is 2.24. The molecule has 104 valence electrons. The van der Waals surface area contributed by atoms with Crippen molar-refractivity contribution in [3.63, 3.8) is 0 Å². The summed E-state index contributed by atoms with van der Waals surface area (Å²) in [5, 5.41) is 0. The van der Waals surface area contributed by atoms with Crippen molar-refractivity contribution in [3.8, 4) is 0 Å². The van der Waals surface area contributed by atoms with Gasteiger partial charge >= 0.3 is 0 Å². The van der Waals surface area contributed by atoms with Crippen molar-refractivity contribution in [1.29, 1.82) is 0 Å². The maximum absolute atomic E-state index is 5.48. The molecule has 0 saturated carbocycles. The molecule has 2 nitrogen and oxygen atoms in total. The Kier molecular flexibility index (Phi) is 13.9. The largest absolute Gasteiger partial charge is 0.381 e. The van der Waals surface area contributed by atoms with Gasteiger partial charge in [-0.15, -0.1) is 0 Å². The molecule has 0 aromatic heterocycles. The lowest BCUT2D eigenvalue weighted by atomic mass is 9.94. The fraction of sp³-hybridized carbons (Fsp3) is 1.00. The average molecular weight is 243 g/mol. The van der Waals surface area contributed by atoms with Crippen molar-refractivity contribution in [2.75, 3.05) is 19.8 Å². The van der Waals surface area contributed by atoms with E-state index in [0.717, 1.165) is 32.1 Å². The predicted molar refractivity (Wildman–Crippen MR) is 76.3 cm³/mol. The van der Waals surface area contributed by atoms with E-state index >= 15 is 0 Å². The van der Waals surface area contributed by atoms with Crippen LogP contribution < -0.4 is 5.73 Å².